The van der Waals surface area contributed by atoms with E-state index in [9.17, 15) is 19.8 Å². The summed E-state index contributed by atoms with van der Waals surface area (Å²) in [6.45, 7) is 1.81. The van der Waals surface area contributed by atoms with Gasteiger partial charge >= 0.3 is 0 Å². The highest BCUT2D eigenvalue weighted by Gasteiger charge is 2.49. The molecule has 1 unspecified atom stereocenters. The molecule has 7 heteroatoms. The van der Waals surface area contributed by atoms with Crippen LogP contribution in [0.15, 0.2) is 75.3 Å². The molecule has 0 radical (unpaired) electrons. The van der Waals surface area contributed by atoms with Gasteiger partial charge in [-0.05, 0) is 48.9 Å². The molecule has 0 saturated carbocycles. The molecule has 146 valence electrons. The zero-order chi connectivity index (χ0) is 20.7. The van der Waals surface area contributed by atoms with Crippen molar-refractivity contribution in [3.8, 4) is 5.75 Å². The van der Waals surface area contributed by atoms with Crippen molar-refractivity contribution >= 4 is 39.1 Å². The normalized spacial score (nSPS) is 18.4. The van der Waals surface area contributed by atoms with Crippen LogP contribution in [0.3, 0.4) is 0 Å². The number of aliphatic hydroxyl groups excluding tert-OH is 1. The number of carbonyl (C=O) groups is 2. The molecule has 1 atom stereocenters. The highest BCUT2D eigenvalue weighted by atomic mass is 79.9. The van der Waals surface area contributed by atoms with E-state index >= 15 is 0 Å². The van der Waals surface area contributed by atoms with Gasteiger partial charge in [-0.3, -0.25) is 14.5 Å². The van der Waals surface area contributed by atoms with E-state index in [0.717, 1.165) is 14.9 Å². The second-order valence-corrected chi connectivity index (χ2v) is 7.60. The summed E-state index contributed by atoms with van der Waals surface area (Å²) in [5, 5.41) is 21.3. The summed E-state index contributed by atoms with van der Waals surface area (Å²) >= 11 is 3.33. The third-order valence-corrected chi connectivity index (χ3v) is 5.29. The average molecular weight is 454 g/mol. The molecule has 0 bridgehead atoms. The molecule has 1 aromatic heterocycles. The highest BCUT2D eigenvalue weighted by molar-refractivity contribution is 9.10. The number of rotatable bonds is 3. The van der Waals surface area contributed by atoms with E-state index in [2.05, 4.69) is 15.9 Å². The van der Waals surface area contributed by atoms with E-state index in [1.54, 1.807) is 48.5 Å². The third-order valence-electron chi connectivity index (χ3n) is 4.77. The molecule has 1 amide bonds. The topological polar surface area (TPSA) is 91.0 Å². The number of aromatic hydroxyl groups is 1. The summed E-state index contributed by atoms with van der Waals surface area (Å²) in [6.07, 6.45) is 1.42. The number of Topliss-reactive ketones (excluding diaryl/α,β-unsaturated/α-hetero) is 1. The third kappa shape index (κ3) is 3.23. The average Bonchev–Trinajstić information content (AvgIpc) is 3.31. The standard InChI is InChI=1S/C22H16BrNO5/c1-12-4-9-16(25)15(11-12)24-19(17-3-2-10-29-17)18(21(27)22(24)28)20(26)13-5-7-14(23)8-6-13/h2-11,19,25-26H,1H3/b20-18-. The summed E-state index contributed by atoms with van der Waals surface area (Å²) in [6, 6.07) is 13.7. The van der Waals surface area contributed by atoms with Gasteiger partial charge in [-0.15, -0.1) is 0 Å². The molecule has 1 saturated heterocycles. The van der Waals surface area contributed by atoms with Crippen molar-refractivity contribution < 1.29 is 24.2 Å². The van der Waals surface area contributed by atoms with Crippen LogP contribution in [0, 0.1) is 6.92 Å². The van der Waals surface area contributed by atoms with Gasteiger partial charge in [-0.1, -0.05) is 34.1 Å². The van der Waals surface area contributed by atoms with Gasteiger partial charge in [0.2, 0.25) is 0 Å². The van der Waals surface area contributed by atoms with Gasteiger partial charge in [0, 0.05) is 10.0 Å². The van der Waals surface area contributed by atoms with E-state index in [4.69, 9.17) is 4.42 Å². The zero-order valence-electron chi connectivity index (χ0n) is 15.3. The lowest BCUT2D eigenvalue weighted by atomic mass is 9.99. The van der Waals surface area contributed by atoms with Crippen LogP contribution in [-0.4, -0.2) is 21.9 Å². The zero-order valence-corrected chi connectivity index (χ0v) is 16.9. The molecular weight excluding hydrogens is 438 g/mol. The van der Waals surface area contributed by atoms with Crippen LogP contribution in [0.1, 0.15) is 22.9 Å². The monoisotopic (exact) mass is 453 g/mol. The number of hydrogen-bond acceptors (Lipinski definition) is 5. The number of ketones is 1. The molecule has 29 heavy (non-hydrogen) atoms. The molecule has 1 fully saturated rings. The molecule has 2 aromatic carbocycles. The first-order chi connectivity index (χ1) is 13.9. The Hall–Kier alpha value is -3.32. The number of aryl methyl sites for hydroxylation is 1. The Balaban J connectivity index is 1.95. The number of phenolic OH excluding ortho intramolecular Hbond substituents is 1. The fraction of sp³-hybridized carbons (Fsp3) is 0.0909. The molecule has 4 rings (SSSR count). The van der Waals surface area contributed by atoms with E-state index in [1.807, 2.05) is 6.92 Å². The van der Waals surface area contributed by atoms with Crippen molar-refractivity contribution in [2.24, 2.45) is 0 Å². The Morgan fingerprint density at radius 1 is 1.10 bits per heavy atom. The maximum absolute atomic E-state index is 12.9. The highest BCUT2D eigenvalue weighted by Crippen LogP contribution is 2.45. The van der Waals surface area contributed by atoms with Crippen LogP contribution in [0.4, 0.5) is 5.69 Å². The number of furan rings is 1. The second-order valence-electron chi connectivity index (χ2n) is 6.68. The minimum atomic E-state index is -1.01. The van der Waals surface area contributed by atoms with Gasteiger partial charge < -0.3 is 14.6 Å². The number of nitrogens with zero attached hydrogens (tertiary/aromatic N) is 1. The molecule has 6 nitrogen and oxygen atoms in total. The van der Waals surface area contributed by atoms with Crippen LogP contribution in [-0.2, 0) is 9.59 Å². The molecule has 2 heterocycles. The predicted octanol–water partition coefficient (Wildman–Crippen LogP) is 4.68. The fourth-order valence-corrected chi connectivity index (χ4v) is 3.65. The first-order valence-corrected chi connectivity index (χ1v) is 9.57. The lowest BCUT2D eigenvalue weighted by Crippen LogP contribution is -2.29. The van der Waals surface area contributed by atoms with Crippen LogP contribution in [0.5, 0.6) is 5.75 Å². The number of anilines is 1. The number of phenols is 1. The lowest BCUT2D eigenvalue weighted by molar-refractivity contribution is -0.132. The summed E-state index contributed by atoms with van der Waals surface area (Å²) in [7, 11) is 0. The number of aliphatic hydroxyl groups is 1. The van der Waals surface area contributed by atoms with Gasteiger partial charge in [0.05, 0.1) is 17.5 Å². The number of amides is 1. The van der Waals surface area contributed by atoms with Gasteiger partial charge in [0.15, 0.2) is 0 Å². The van der Waals surface area contributed by atoms with Crippen LogP contribution in [0.2, 0.25) is 0 Å². The smallest absolute Gasteiger partial charge is 0.300 e. The number of hydrogen-bond donors (Lipinski definition) is 2. The largest absolute Gasteiger partial charge is 0.507 e. The predicted molar refractivity (Wildman–Crippen MR) is 110 cm³/mol. The van der Waals surface area contributed by atoms with E-state index in [-0.39, 0.29) is 22.8 Å². The van der Waals surface area contributed by atoms with E-state index in [1.165, 1.54) is 12.3 Å². The number of benzene rings is 2. The van der Waals surface area contributed by atoms with Gasteiger partial charge in [-0.2, -0.15) is 0 Å². The maximum atomic E-state index is 12.9. The van der Waals surface area contributed by atoms with Crippen molar-refractivity contribution in [3.05, 3.63) is 87.8 Å². The van der Waals surface area contributed by atoms with Crippen LogP contribution in [0.25, 0.3) is 5.76 Å². The number of halogens is 1. The fourth-order valence-electron chi connectivity index (χ4n) is 3.39. The molecule has 1 aliphatic rings. The first-order valence-electron chi connectivity index (χ1n) is 8.78. The van der Waals surface area contributed by atoms with Crippen LogP contribution >= 0.6 is 15.9 Å². The molecule has 0 aliphatic carbocycles. The Morgan fingerprint density at radius 2 is 1.83 bits per heavy atom. The van der Waals surface area contributed by atoms with Crippen molar-refractivity contribution in [3.63, 3.8) is 0 Å². The molecule has 2 N–H and O–H groups in total. The van der Waals surface area contributed by atoms with Crippen molar-refractivity contribution in [1.82, 2.24) is 0 Å². The van der Waals surface area contributed by atoms with Crippen molar-refractivity contribution in [1.29, 1.82) is 0 Å². The van der Waals surface area contributed by atoms with Gasteiger partial charge in [-0.25, -0.2) is 0 Å². The maximum Gasteiger partial charge on any atom is 0.300 e. The summed E-state index contributed by atoms with van der Waals surface area (Å²) in [4.78, 5) is 27.0. The Labute approximate surface area is 174 Å². The summed E-state index contributed by atoms with van der Waals surface area (Å²) in [5.41, 5.74) is 1.25. The first kappa shape index (κ1) is 19.0. The van der Waals surface area contributed by atoms with Crippen molar-refractivity contribution in [2.75, 3.05) is 4.90 Å². The Kier molecular flexibility index (Phi) is 4.76. The molecule has 1 aliphatic heterocycles. The van der Waals surface area contributed by atoms with E-state index in [0.29, 0.717) is 11.3 Å². The summed E-state index contributed by atoms with van der Waals surface area (Å²) < 4.78 is 6.30. The van der Waals surface area contributed by atoms with Crippen molar-refractivity contribution in [2.45, 2.75) is 13.0 Å². The molecule has 3 aromatic rings. The quantitative estimate of drug-likeness (QED) is 0.341. The van der Waals surface area contributed by atoms with Gasteiger partial charge in [0.1, 0.15) is 23.3 Å². The molecular formula is C22H16BrNO5. The Morgan fingerprint density at radius 3 is 2.48 bits per heavy atom. The second kappa shape index (κ2) is 7.25. The van der Waals surface area contributed by atoms with Crippen LogP contribution < -0.4 is 4.90 Å². The molecule has 0 spiro atoms. The lowest BCUT2D eigenvalue weighted by Gasteiger charge is -2.24. The summed E-state index contributed by atoms with van der Waals surface area (Å²) in [5.74, 6) is -1.88. The number of carbonyl (C=O) groups excluding carboxylic acids is 2. The van der Waals surface area contributed by atoms with E-state index < -0.39 is 17.7 Å². The Bertz CT molecular complexity index is 1130. The minimum absolute atomic E-state index is 0.104. The minimum Gasteiger partial charge on any atom is -0.507 e. The van der Waals surface area contributed by atoms with Gasteiger partial charge in [0.25, 0.3) is 11.7 Å². The SMILES string of the molecule is Cc1ccc(O)c(N2C(=O)C(=O)/C(=C(\O)c3ccc(Br)cc3)C2c2ccco2)c1.